The van der Waals surface area contributed by atoms with Crippen molar-refractivity contribution in [2.24, 2.45) is 4.99 Å². The van der Waals surface area contributed by atoms with Crippen LogP contribution in [0.2, 0.25) is 0 Å². The van der Waals surface area contributed by atoms with Gasteiger partial charge in [-0.2, -0.15) is 0 Å². The van der Waals surface area contributed by atoms with E-state index < -0.39 is 5.97 Å². The lowest BCUT2D eigenvalue weighted by Crippen LogP contribution is -2.36. The summed E-state index contributed by atoms with van der Waals surface area (Å²) in [6.45, 7) is 4.89. The smallest absolute Gasteiger partial charge is 0.341 e. The van der Waals surface area contributed by atoms with E-state index in [-0.39, 0.29) is 24.0 Å². The first-order valence-corrected chi connectivity index (χ1v) is 7.71. The summed E-state index contributed by atoms with van der Waals surface area (Å²) in [5.74, 6) is 1.45. The van der Waals surface area contributed by atoms with E-state index in [1.807, 2.05) is 0 Å². The maximum atomic E-state index is 11.6. The number of esters is 1. The van der Waals surface area contributed by atoms with Crippen LogP contribution in [-0.4, -0.2) is 26.1 Å². The largest absolute Gasteiger partial charge is 0.465 e. The first-order chi connectivity index (χ1) is 11.5. The number of nitrogens with zero attached hydrogens (tertiary/aromatic N) is 1. The molecular formula is C18H24IN3O3. The number of methoxy groups -OCH3 is 1. The molecule has 25 heavy (non-hydrogen) atoms. The van der Waals surface area contributed by atoms with Gasteiger partial charge in [-0.1, -0.05) is 29.8 Å². The van der Waals surface area contributed by atoms with Crippen molar-refractivity contribution in [2.75, 3.05) is 14.2 Å². The minimum absolute atomic E-state index is 0. The standard InChI is InChI=1S/C18H23N3O3.HI/c1-12-5-7-14(8-6-12)10-20-18(19-3)21-11-15-9-16(13(2)24-15)17(22)23-4;/h5-9H,10-11H2,1-4H3,(H2,19,20,21);1H. The van der Waals surface area contributed by atoms with Crippen molar-refractivity contribution in [3.63, 3.8) is 0 Å². The normalized spacial score (nSPS) is 10.8. The second-order valence-corrected chi connectivity index (χ2v) is 5.44. The Labute approximate surface area is 165 Å². The molecule has 0 aliphatic heterocycles. The van der Waals surface area contributed by atoms with Crippen molar-refractivity contribution in [3.05, 3.63) is 58.5 Å². The molecule has 0 atom stereocenters. The van der Waals surface area contributed by atoms with E-state index in [2.05, 4.69) is 46.8 Å². The molecule has 0 aliphatic rings. The van der Waals surface area contributed by atoms with Gasteiger partial charge in [-0.15, -0.1) is 24.0 Å². The van der Waals surface area contributed by atoms with Crippen molar-refractivity contribution >= 4 is 35.9 Å². The van der Waals surface area contributed by atoms with Crippen molar-refractivity contribution in [2.45, 2.75) is 26.9 Å². The number of rotatable bonds is 5. The zero-order chi connectivity index (χ0) is 17.5. The molecule has 0 fully saturated rings. The molecular weight excluding hydrogens is 433 g/mol. The van der Waals surface area contributed by atoms with E-state index in [1.165, 1.54) is 18.2 Å². The predicted octanol–water partition coefficient (Wildman–Crippen LogP) is 3.17. The first-order valence-electron chi connectivity index (χ1n) is 7.71. The SMILES string of the molecule is CN=C(NCc1ccc(C)cc1)NCc1cc(C(=O)OC)c(C)o1.I. The highest BCUT2D eigenvalue weighted by Crippen LogP contribution is 2.15. The molecule has 2 rings (SSSR count). The summed E-state index contributed by atoms with van der Waals surface area (Å²) in [5, 5.41) is 6.39. The number of hydrogen-bond acceptors (Lipinski definition) is 4. The minimum atomic E-state index is -0.399. The highest BCUT2D eigenvalue weighted by atomic mass is 127. The van der Waals surface area contributed by atoms with Crippen molar-refractivity contribution < 1.29 is 13.9 Å². The second kappa shape index (κ2) is 10.1. The molecule has 0 spiro atoms. The summed E-state index contributed by atoms with van der Waals surface area (Å²) in [7, 11) is 3.06. The van der Waals surface area contributed by atoms with Crippen molar-refractivity contribution in [3.8, 4) is 0 Å². The number of aliphatic imine (C=N–C) groups is 1. The van der Waals surface area contributed by atoms with Gasteiger partial charge in [-0.25, -0.2) is 4.79 Å². The highest BCUT2D eigenvalue weighted by Gasteiger charge is 2.15. The average molecular weight is 457 g/mol. The Morgan fingerprint density at radius 2 is 1.80 bits per heavy atom. The number of hydrogen-bond donors (Lipinski definition) is 2. The number of guanidine groups is 1. The number of ether oxygens (including phenoxy) is 1. The molecule has 136 valence electrons. The van der Waals surface area contributed by atoms with Gasteiger partial charge in [-0.05, 0) is 25.5 Å². The number of carbonyl (C=O) groups excluding carboxylic acids is 1. The molecule has 7 heteroatoms. The zero-order valence-corrected chi connectivity index (χ0v) is 17.2. The van der Waals surface area contributed by atoms with Crippen molar-refractivity contribution in [1.29, 1.82) is 0 Å². The van der Waals surface area contributed by atoms with Gasteiger partial charge in [0.25, 0.3) is 0 Å². The summed E-state index contributed by atoms with van der Waals surface area (Å²) in [6.07, 6.45) is 0. The van der Waals surface area contributed by atoms with Crippen LogP contribution in [-0.2, 0) is 17.8 Å². The number of carbonyl (C=O) groups is 1. The van der Waals surface area contributed by atoms with Gasteiger partial charge in [0.05, 0.1) is 13.7 Å². The molecule has 1 aromatic heterocycles. The Morgan fingerprint density at radius 1 is 1.16 bits per heavy atom. The first kappa shape index (κ1) is 21.0. The highest BCUT2D eigenvalue weighted by molar-refractivity contribution is 14.0. The van der Waals surface area contributed by atoms with E-state index in [0.717, 1.165) is 0 Å². The lowest BCUT2D eigenvalue weighted by molar-refractivity contribution is 0.0599. The van der Waals surface area contributed by atoms with Gasteiger partial charge < -0.3 is 19.8 Å². The molecule has 2 aromatic rings. The molecule has 6 nitrogen and oxygen atoms in total. The van der Waals surface area contributed by atoms with Crippen LogP contribution in [0.3, 0.4) is 0 Å². The van der Waals surface area contributed by atoms with E-state index in [0.29, 0.717) is 36.1 Å². The molecule has 0 radical (unpaired) electrons. The predicted molar refractivity (Wildman–Crippen MR) is 108 cm³/mol. The molecule has 0 unspecified atom stereocenters. The lowest BCUT2D eigenvalue weighted by atomic mass is 10.1. The maximum absolute atomic E-state index is 11.6. The monoisotopic (exact) mass is 457 g/mol. The van der Waals surface area contributed by atoms with E-state index in [9.17, 15) is 4.79 Å². The minimum Gasteiger partial charge on any atom is -0.465 e. The fourth-order valence-electron chi connectivity index (χ4n) is 2.23. The van der Waals surface area contributed by atoms with Gasteiger partial charge in [-0.3, -0.25) is 4.99 Å². The molecule has 0 saturated carbocycles. The van der Waals surface area contributed by atoms with Crippen LogP contribution in [0.1, 0.15) is 33.0 Å². The third kappa shape index (κ3) is 6.08. The van der Waals surface area contributed by atoms with Gasteiger partial charge in [0.15, 0.2) is 5.96 Å². The third-order valence-electron chi connectivity index (χ3n) is 3.61. The zero-order valence-electron chi connectivity index (χ0n) is 14.9. The maximum Gasteiger partial charge on any atom is 0.341 e. The summed E-state index contributed by atoms with van der Waals surface area (Å²) in [4.78, 5) is 15.8. The van der Waals surface area contributed by atoms with Crippen LogP contribution in [0, 0.1) is 13.8 Å². The topological polar surface area (TPSA) is 75.9 Å². The average Bonchev–Trinajstić information content (AvgIpc) is 2.96. The van der Waals surface area contributed by atoms with Crippen LogP contribution in [0.15, 0.2) is 39.7 Å². The molecule has 0 aliphatic carbocycles. The molecule has 2 N–H and O–H groups in total. The van der Waals surface area contributed by atoms with Crippen LogP contribution in [0.4, 0.5) is 0 Å². The van der Waals surface area contributed by atoms with Gasteiger partial charge in [0.2, 0.25) is 0 Å². The summed E-state index contributed by atoms with van der Waals surface area (Å²) >= 11 is 0. The lowest BCUT2D eigenvalue weighted by Gasteiger charge is -2.11. The Hall–Kier alpha value is -2.03. The van der Waals surface area contributed by atoms with Crippen LogP contribution in [0.5, 0.6) is 0 Å². The fourth-order valence-corrected chi connectivity index (χ4v) is 2.23. The molecule has 0 saturated heterocycles. The molecule has 0 amide bonds. The van der Waals surface area contributed by atoms with Crippen LogP contribution >= 0.6 is 24.0 Å². The Balaban J connectivity index is 0.00000312. The van der Waals surface area contributed by atoms with Crippen LogP contribution in [0.25, 0.3) is 0 Å². The van der Waals surface area contributed by atoms with E-state index >= 15 is 0 Å². The van der Waals surface area contributed by atoms with Crippen molar-refractivity contribution in [1.82, 2.24) is 10.6 Å². The number of aryl methyl sites for hydroxylation is 2. The number of halogens is 1. The number of furan rings is 1. The summed E-state index contributed by atoms with van der Waals surface area (Å²) in [6, 6.07) is 9.99. The summed E-state index contributed by atoms with van der Waals surface area (Å²) in [5.41, 5.74) is 2.85. The Bertz CT molecular complexity index is 724. The third-order valence-corrected chi connectivity index (χ3v) is 3.61. The summed E-state index contributed by atoms with van der Waals surface area (Å²) < 4.78 is 10.3. The quantitative estimate of drug-likeness (QED) is 0.312. The number of nitrogens with one attached hydrogen (secondary N) is 2. The molecule has 1 aromatic carbocycles. The molecule has 0 bridgehead atoms. The second-order valence-electron chi connectivity index (χ2n) is 5.44. The van der Waals surface area contributed by atoms with E-state index in [1.54, 1.807) is 20.0 Å². The Morgan fingerprint density at radius 3 is 2.40 bits per heavy atom. The van der Waals surface area contributed by atoms with Gasteiger partial charge >= 0.3 is 5.97 Å². The van der Waals surface area contributed by atoms with Gasteiger partial charge in [0.1, 0.15) is 17.1 Å². The number of benzene rings is 1. The molecule has 1 heterocycles. The fraction of sp³-hybridized carbons (Fsp3) is 0.333. The van der Waals surface area contributed by atoms with E-state index in [4.69, 9.17) is 9.15 Å². The van der Waals surface area contributed by atoms with Crippen LogP contribution < -0.4 is 10.6 Å². The van der Waals surface area contributed by atoms with Gasteiger partial charge in [0, 0.05) is 13.6 Å². The Kier molecular flexibility index (Phi) is 8.47.